The molecule has 15 heavy (non-hydrogen) atoms. The molecule has 0 saturated carbocycles. The van der Waals surface area contributed by atoms with Gasteiger partial charge in [-0.25, -0.2) is 0 Å². The minimum absolute atomic E-state index is 0.361. The third kappa shape index (κ3) is 4.05. The highest BCUT2D eigenvalue weighted by atomic mass is 14.6. The Morgan fingerprint density at radius 2 is 1.80 bits per heavy atom. The van der Waals surface area contributed by atoms with Crippen LogP contribution in [0, 0.1) is 5.92 Å². The van der Waals surface area contributed by atoms with Gasteiger partial charge in [0.05, 0.1) is 0 Å². The summed E-state index contributed by atoms with van der Waals surface area (Å²) in [6, 6.07) is 11.0. The molecule has 1 rings (SSSR count). The zero-order chi connectivity index (χ0) is 11.1. The van der Waals surface area contributed by atoms with E-state index in [0.717, 1.165) is 12.8 Å². The molecule has 1 nitrogen and oxygen atoms in total. The van der Waals surface area contributed by atoms with Crippen molar-refractivity contribution in [1.82, 2.24) is 0 Å². The van der Waals surface area contributed by atoms with Crippen LogP contribution in [0.25, 0.3) is 0 Å². The Morgan fingerprint density at radius 3 is 2.33 bits per heavy atom. The van der Waals surface area contributed by atoms with Crippen LogP contribution in [0.5, 0.6) is 0 Å². The molecule has 1 aromatic rings. The summed E-state index contributed by atoms with van der Waals surface area (Å²) in [6.07, 6.45) is 4.63. The first-order valence-electron chi connectivity index (χ1n) is 6.07. The predicted molar refractivity (Wildman–Crippen MR) is 66.8 cm³/mol. The fourth-order valence-corrected chi connectivity index (χ4v) is 2.08. The van der Waals surface area contributed by atoms with Gasteiger partial charge < -0.3 is 5.73 Å². The maximum Gasteiger partial charge on any atom is 0.00701 e. The predicted octanol–water partition coefficient (Wildman–Crippen LogP) is 3.38. The van der Waals surface area contributed by atoms with E-state index in [1.165, 1.54) is 18.4 Å². The van der Waals surface area contributed by atoms with Crippen LogP contribution in [0.15, 0.2) is 30.3 Å². The summed E-state index contributed by atoms with van der Waals surface area (Å²) in [4.78, 5) is 0. The quantitative estimate of drug-likeness (QED) is 0.757. The molecule has 0 fully saturated rings. The van der Waals surface area contributed by atoms with E-state index < -0.39 is 0 Å². The lowest BCUT2D eigenvalue weighted by molar-refractivity contribution is 0.384. The van der Waals surface area contributed by atoms with Crippen molar-refractivity contribution < 1.29 is 0 Å². The first-order valence-corrected chi connectivity index (χ1v) is 6.07. The molecule has 1 heteroatoms. The summed E-state index contributed by atoms with van der Waals surface area (Å²) in [6.45, 7) is 4.44. The highest BCUT2D eigenvalue weighted by molar-refractivity contribution is 5.15. The first-order chi connectivity index (χ1) is 7.27. The van der Waals surface area contributed by atoms with E-state index >= 15 is 0 Å². The summed E-state index contributed by atoms with van der Waals surface area (Å²) >= 11 is 0. The molecule has 0 bridgehead atoms. The Kier molecular flexibility index (Phi) is 5.41. The summed E-state index contributed by atoms with van der Waals surface area (Å²) in [7, 11) is 0. The van der Waals surface area contributed by atoms with Crippen molar-refractivity contribution in [3.63, 3.8) is 0 Å². The van der Waals surface area contributed by atoms with Crippen molar-refractivity contribution in [3.05, 3.63) is 35.9 Å². The Balaban J connectivity index is 2.53. The molecular weight excluding hydrogens is 182 g/mol. The zero-order valence-corrected chi connectivity index (χ0v) is 9.95. The molecule has 2 N–H and O–H groups in total. The molecule has 0 heterocycles. The summed E-state index contributed by atoms with van der Waals surface area (Å²) < 4.78 is 0. The van der Waals surface area contributed by atoms with E-state index in [9.17, 15) is 0 Å². The average Bonchev–Trinajstić information content (AvgIpc) is 2.27. The highest BCUT2D eigenvalue weighted by Gasteiger charge is 2.15. The van der Waals surface area contributed by atoms with Gasteiger partial charge in [0, 0.05) is 6.04 Å². The maximum absolute atomic E-state index is 6.19. The van der Waals surface area contributed by atoms with E-state index in [-0.39, 0.29) is 0 Å². The minimum Gasteiger partial charge on any atom is -0.327 e. The van der Waals surface area contributed by atoms with Gasteiger partial charge in [0.2, 0.25) is 0 Å². The third-order valence-corrected chi connectivity index (χ3v) is 3.09. The van der Waals surface area contributed by atoms with Gasteiger partial charge in [-0.05, 0) is 24.3 Å². The average molecular weight is 205 g/mol. The van der Waals surface area contributed by atoms with Crippen LogP contribution in [0.4, 0.5) is 0 Å². The van der Waals surface area contributed by atoms with Gasteiger partial charge in [-0.2, -0.15) is 0 Å². The fraction of sp³-hybridized carbons (Fsp3) is 0.571. The van der Waals surface area contributed by atoms with Crippen LogP contribution < -0.4 is 5.73 Å². The normalized spacial score (nSPS) is 14.9. The van der Waals surface area contributed by atoms with E-state index in [0.29, 0.717) is 12.0 Å². The van der Waals surface area contributed by atoms with Crippen molar-refractivity contribution in [3.8, 4) is 0 Å². The Bertz CT molecular complexity index is 255. The minimum atomic E-state index is 0.361. The van der Waals surface area contributed by atoms with Crippen LogP contribution in [0.2, 0.25) is 0 Å². The second-order valence-corrected chi connectivity index (χ2v) is 4.31. The van der Waals surface area contributed by atoms with Gasteiger partial charge in [-0.15, -0.1) is 0 Å². The topological polar surface area (TPSA) is 26.0 Å². The van der Waals surface area contributed by atoms with Gasteiger partial charge in [-0.1, -0.05) is 57.0 Å². The van der Waals surface area contributed by atoms with Gasteiger partial charge in [-0.3, -0.25) is 0 Å². The van der Waals surface area contributed by atoms with Crippen LogP contribution in [-0.4, -0.2) is 6.04 Å². The van der Waals surface area contributed by atoms with Crippen molar-refractivity contribution in [2.75, 3.05) is 0 Å². The SMILES string of the molecule is CCCC(N)C(CC)Cc1ccccc1. The lowest BCUT2D eigenvalue weighted by atomic mass is 9.88. The molecule has 0 spiro atoms. The third-order valence-electron chi connectivity index (χ3n) is 3.09. The molecule has 2 atom stereocenters. The van der Waals surface area contributed by atoms with Crippen molar-refractivity contribution in [2.24, 2.45) is 11.7 Å². The molecule has 1 aromatic carbocycles. The molecule has 2 unspecified atom stereocenters. The molecule has 0 amide bonds. The van der Waals surface area contributed by atoms with E-state index in [1.54, 1.807) is 0 Å². The maximum atomic E-state index is 6.19. The Hall–Kier alpha value is -0.820. The lowest BCUT2D eigenvalue weighted by Gasteiger charge is -2.22. The lowest BCUT2D eigenvalue weighted by Crippen LogP contribution is -2.30. The van der Waals surface area contributed by atoms with E-state index in [2.05, 4.69) is 44.2 Å². The van der Waals surface area contributed by atoms with Crippen LogP contribution in [0.1, 0.15) is 38.7 Å². The summed E-state index contributed by atoms with van der Waals surface area (Å²) in [5, 5.41) is 0. The number of hydrogen-bond donors (Lipinski definition) is 1. The summed E-state index contributed by atoms with van der Waals surface area (Å²) in [5.74, 6) is 0.632. The van der Waals surface area contributed by atoms with Gasteiger partial charge in [0.1, 0.15) is 0 Å². The zero-order valence-electron chi connectivity index (χ0n) is 9.95. The molecule has 84 valence electrons. The number of nitrogens with two attached hydrogens (primary N) is 1. The van der Waals surface area contributed by atoms with Crippen LogP contribution in [-0.2, 0) is 6.42 Å². The number of benzene rings is 1. The second kappa shape index (κ2) is 6.62. The molecule has 0 radical (unpaired) electrons. The highest BCUT2D eigenvalue weighted by Crippen LogP contribution is 2.17. The number of rotatable bonds is 6. The molecule has 0 aromatic heterocycles. The first kappa shape index (κ1) is 12.3. The monoisotopic (exact) mass is 205 g/mol. The van der Waals surface area contributed by atoms with Crippen molar-refractivity contribution in [2.45, 2.75) is 45.6 Å². The van der Waals surface area contributed by atoms with Crippen LogP contribution >= 0.6 is 0 Å². The molecule has 0 saturated heterocycles. The van der Waals surface area contributed by atoms with Crippen molar-refractivity contribution in [1.29, 1.82) is 0 Å². The van der Waals surface area contributed by atoms with Gasteiger partial charge in [0.15, 0.2) is 0 Å². The molecule has 0 aliphatic rings. The smallest absolute Gasteiger partial charge is 0.00701 e. The molecule has 0 aliphatic heterocycles. The summed E-state index contributed by atoms with van der Waals surface area (Å²) in [5.41, 5.74) is 7.60. The fourth-order valence-electron chi connectivity index (χ4n) is 2.08. The standard InChI is InChI=1S/C14H23N/c1-3-8-14(15)13(4-2)11-12-9-6-5-7-10-12/h5-7,9-10,13-14H,3-4,8,11,15H2,1-2H3. The molecule has 0 aliphatic carbocycles. The van der Waals surface area contributed by atoms with Crippen LogP contribution in [0.3, 0.4) is 0 Å². The van der Waals surface area contributed by atoms with Gasteiger partial charge >= 0.3 is 0 Å². The van der Waals surface area contributed by atoms with E-state index in [4.69, 9.17) is 5.73 Å². The largest absolute Gasteiger partial charge is 0.327 e. The Morgan fingerprint density at radius 1 is 1.13 bits per heavy atom. The Labute approximate surface area is 93.7 Å². The second-order valence-electron chi connectivity index (χ2n) is 4.31. The van der Waals surface area contributed by atoms with Gasteiger partial charge in [0.25, 0.3) is 0 Å². The van der Waals surface area contributed by atoms with Crippen molar-refractivity contribution >= 4 is 0 Å². The molecular formula is C14H23N. The van der Waals surface area contributed by atoms with E-state index in [1.807, 2.05) is 0 Å². The number of hydrogen-bond acceptors (Lipinski definition) is 1.